The standard InChI is InChI=1S/C17H14Cl2O4/c18-14-7-6-12(8-15(14)19)13(9-16(20)21)17(22)23-10-11-4-2-1-3-5-11/h1-8,13H,9-10H2,(H,20,21)/t13-/m0/s1. The summed E-state index contributed by atoms with van der Waals surface area (Å²) >= 11 is 11.8. The lowest BCUT2D eigenvalue weighted by Gasteiger charge is -2.15. The zero-order valence-electron chi connectivity index (χ0n) is 12.0. The first-order chi connectivity index (χ1) is 11.0. The van der Waals surface area contributed by atoms with Crippen molar-refractivity contribution in [3.8, 4) is 0 Å². The first-order valence-electron chi connectivity index (χ1n) is 6.84. The molecule has 0 heterocycles. The van der Waals surface area contributed by atoms with Crippen molar-refractivity contribution in [1.82, 2.24) is 0 Å². The monoisotopic (exact) mass is 352 g/mol. The number of rotatable bonds is 6. The molecule has 0 radical (unpaired) electrons. The molecule has 1 atom stereocenters. The molecular weight excluding hydrogens is 339 g/mol. The molecule has 0 bridgehead atoms. The Kier molecular flexibility index (Phi) is 6.02. The zero-order valence-corrected chi connectivity index (χ0v) is 13.6. The predicted molar refractivity (Wildman–Crippen MR) is 87.7 cm³/mol. The molecule has 0 aliphatic heterocycles. The SMILES string of the molecule is O=C(O)C[C@H](C(=O)OCc1ccccc1)c1ccc(Cl)c(Cl)c1. The summed E-state index contributed by atoms with van der Waals surface area (Å²) in [6, 6.07) is 13.7. The summed E-state index contributed by atoms with van der Waals surface area (Å²) in [4.78, 5) is 23.3. The fourth-order valence-electron chi connectivity index (χ4n) is 2.07. The number of benzene rings is 2. The molecule has 0 saturated heterocycles. The lowest BCUT2D eigenvalue weighted by molar-refractivity contribution is -0.150. The fourth-order valence-corrected chi connectivity index (χ4v) is 2.38. The molecule has 0 aromatic heterocycles. The maximum atomic E-state index is 12.3. The number of carbonyl (C=O) groups excluding carboxylic acids is 1. The summed E-state index contributed by atoms with van der Waals surface area (Å²) in [5.74, 6) is -2.65. The number of halogens is 2. The molecule has 6 heteroatoms. The quantitative estimate of drug-likeness (QED) is 0.787. The van der Waals surface area contributed by atoms with Crippen molar-refractivity contribution in [2.75, 3.05) is 0 Å². The third-order valence-electron chi connectivity index (χ3n) is 3.23. The highest BCUT2D eigenvalue weighted by Gasteiger charge is 2.26. The second-order valence-corrected chi connectivity index (χ2v) is 5.73. The lowest BCUT2D eigenvalue weighted by atomic mass is 9.96. The van der Waals surface area contributed by atoms with Crippen LogP contribution in [0.15, 0.2) is 48.5 Å². The second kappa shape index (κ2) is 7.99. The summed E-state index contributed by atoms with van der Waals surface area (Å²) in [5.41, 5.74) is 1.28. The Morgan fingerprint density at radius 2 is 1.74 bits per heavy atom. The molecule has 23 heavy (non-hydrogen) atoms. The van der Waals surface area contributed by atoms with E-state index in [1.807, 2.05) is 30.3 Å². The van der Waals surface area contributed by atoms with E-state index >= 15 is 0 Å². The fraction of sp³-hybridized carbons (Fsp3) is 0.176. The molecule has 0 spiro atoms. The Morgan fingerprint density at radius 3 is 2.35 bits per heavy atom. The molecule has 2 aromatic rings. The van der Waals surface area contributed by atoms with Crippen LogP contribution in [0.1, 0.15) is 23.5 Å². The van der Waals surface area contributed by atoms with E-state index in [1.165, 1.54) is 12.1 Å². The van der Waals surface area contributed by atoms with Crippen LogP contribution in [0.4, 0.5) is 0 Å². The van der Waals surface area contributed by atoms with Crippen molar-refractivity contribution in [2.45, 2.75) is 18.9 Å². The molecule has 0 aliphatic carbocycles. The molecule has 0 saturated carbocycles. The molecular formula is C17H14Cl2O4. The third kappa shape index (κ3) is 4.98. The zero-order chi connectivity index (χ0) is 16.8. The van der Waals surface area contributed by atoms with Gasteiger partial charge in [0.15, 0.2) is 0 Å². The summed E-state index contributed by atoms with van der Waals surface area (Å²) in [7, 11) is 0. The van der Waals surface area contributed by atoms with Crippen LogP contribution in [-0.2, 0) is 20.9 Å². The van der Waals surface area contributed by atoms with E-state index in [0.29, 0.717) is 10.6 Å². The molecule has 2 rings (SSSR count). The van der Waals surface area contributed by atoms with Crippen molar-refractivity contribution >= 4 is 35.1 Å². The van der Waals surface area contributed by atoms with Crippen LogP contribution in [0.3, 0.4) is 0 Å². The van der Waals surface area contributed by atoms with Crippen molar-refractivity contribution in [1.29, 1.82) is 0 Å². The van der Waals surface area contributed by atoms with E-state index in [9.17, 15) is 9.59 Å². The first-order valence-corrected chi connectivity index (χ1v) is 7.60. The van der Waals surface area contributed by atoms with Gasteiger partial charge in [-0.15, -0.1) is 0 Å². The van der Waals surface area contributed by atoms with Crippen molar-refractivity contribution in [3.05, 3.63) is 69.7 Å². The highest BCUT2D eigenvalue weighted by molar-refractivity contribution is 6.42. The van der Waals surface area contributed by atoms with Gasteiger partial charge in [-0.05, 0) is 23.3 Å². The Bertz CT molecular complexity index is 701. The molecule has 1 N–H and O–H groups in total. The molecule has 0 fully saturated rings. The highest BCUT2D eigenvalue weighted by Crippen LogP contribution is 2.29. The van der Waals surface area contributed by atoms with Crippen molar-refractivity contribution in [2.24, 2.45) is 0 Å². The Balaban J connectivity index is 2.15. The number of carboxylic acids is 1. The Morgan fingerprint density at radius 1 is 1.04 bits per heavy atom. The van der Waals surface area contributed by atoms with Crippen LogP contribution in [-0.4, -0.2) is 17.0 Å². The topological polar surface area (TPSA) is 63.6 Å². The van der Waals surface area contributed by atoms with E-state index in [4.69, 9.17) is 33.0 Å². The molecule has 0 amide bonds. The summed E-state index contributed by atoms with van der Waals surface area (Å²) in [6.45, 7) is 0.0805. The van der Waals surface area contributed by atoms with Crippen molar-refractivity contribution in [3.63, 3.8) is 0 Å². The van der Waals surface area contributed by atoms with Gasteiger partial charge in [0.25, 0.3) is 0 Å². The number of hydrogen-bond donors (Lipinski definition) is 1. The molecule has 0 unspecified atom stereocenters. The number of carbonyl (C=O) groups is 2. The van der Waals surface area contributed by atoms with Crippen LogP contribution in [0.2, 0.25) is 10.0 Å². The average Bonchev–Trinajstić information content (AvgIpc) is 2.54. The summed E-state index contributed by atoms with van der Waals surface area (Å²) in [5, 5.41) is 9.63. The number of esters is 1. The van der Waals surface area contributed by atoms with Gasteiger partial charge in [0.2, 0.25) is 0 Å². The van der Waals surface area contributed by atoms with E-state index < -0.39 is 17.9 Å². The minimum atomic E-state index is -1.10. The normalized spacial score (nSPS) is 11.7. The summed E-state index contributed by atoms with van der Waals surface area (Å²) in [6.07, 6.45) is -0.383. The maximum absolute atomic E-state index is 12.3. The van der Waals surface area contributed by atoms with Gasteiger partial charge in [-0.2, -0.15) is 0 Å². The van der Waals surface area contributed by atoms with Gasteiger partial charge in [0, 0.05) is 0 Å². The van der Waals surface area contributed by atoms with E-state index in [0.717, 1.165) is 5.56 Å². The minimum Gasteiger partial charge on any atom is -0.481 e. The number of carboxylic acid groups (broad SMARTS) is 1. The van der Waals surface area contributed by atoms with Gasteiger partial charge in [0.1, 0.15) is 6.61 Å². The lowest BCUT2D eigenvalue weighted by Crippen LogP contribution is -2.19. The summed E-state index contributed by atoms with van der Waals surface area (Å²) < 4.78 is 5.24. The molecule has 2 aromatic carbocycles. The van der Waals surface area contributed by atoms with Gasteiger partial charge >= 0.3 is 11.9 Å². The number of hydrogen-bond acceptors (Lipinski definition) is 3. The van der Waals surface area contributed by atoms with Crippen LogP contribution < -0.4 is 0 Å². The average molecular weight is 353 g/mol. The predicted octanol–water partition coefficient (Wildman–Crippen LogP) is 4.30. The minimum absolute atomic E-state index is 0.0805. The van der Waals surface area contributed by atoms with E-state index in [2.05, 4.69) is 0 Å². The van der Waals surface area contributed by atoms with Crippen LogP contribution in [0.25, 0.3) is 0 Å². The largest absolute Gasteiger partial charge is 0.481 e. The Hall–Kier alpha value is -2.04. The van der Waals surface area contributed by atoms with Gasteiger partial charge < -0.3 is 9.84 Å². The van der Waals surface area contributed by atoms with Crippen molar-refractivity contribution < 1.29 is 19.4 Å². The van der Waals surface area contributed by atoms with E-state index in [-0.39, 0.29) is 18.1 Å². The van der Waals surface area contributed by atoms with Gasteiger partial charge in [-0.25, -0.2) is 0 Å². The maximum Gasteiger partial charge on any atom is 0.314 e. The third-order valence-corrected chi connectivity index (χ3v) is 3.97. The first kappa shape index (κ1) is 17.3. The molecule has 120 valence electrons. The Labute approximate surface area is 143 Å². The van der Waals surface area contributed by atoms with Gasteiger partial charge in [-0.1, -0.05) is 59.6 Å². The van der Waals surface area contributed by atoms with Gasteiger partial charge in [0.05, 0.1) is 22.4 Å². The number of aliphatic carboxylic acids is 1. The van der Waals surface area contributed by atoms with Crippen LogP contribution >= 0.6 is 23.2 Å². The smallest absolute Gasteiger partial charge is 0.314 e. The number of ether oxygens (including phenoxy) is 1. The highest BCUT2D eigenvalue weighted by atomic mass is 35.5. The molecule has 0 aliphatic rings. The second-order valence-electron chi connectivity index (χ2n) is 4.92. The van der Waals surface area contributed by atoms with Gasteiger partial charge in [-0.3, -0.25) is 9.59 Å². The van der Waals surface area contributed by atoms with Crippen LogP contribution in [0, 0.1) is 0 Å². The molecule has 4 nitrogen and oxygen atoms in total. The van der Waals surface area contributed by atoms with Crippen LogP contribution in [0.5, 0.6) is 0 Å². The van der Waals surface area contributed by atoms with E-state index in [1.54, 1.807) is 6.07 Å².